The number of pyridine rings is 1. The summed E-state index contributed by atoms with van der Waals surface area (Å²) in [7, 11) is 1.80. The molecule has 0 saturated carbocycles. The molecule has 4 aromatic heterocycles. The number of alkyl halides is 3. The van der Waals surface area contributed by atoms with Gasteiger partial charge in [0.05, 0.1) is 35.4 Å². The lowest BCUT2D eigenvalue weighted by Gasteiger charge is -2.34. The molecule has 0 bridgehead atoms. The van der Waals surface area contributed by atoms with E-state index in [0.717, 1.165) is 17.5 Å². The molecule has 1 amide bonds. The second-order valence-corrected chi connectivity index (χ2v) is 12.5. The number of amides is 1. The van der Waals surface area contributed by atoms with E-state index in [0.29, 0.717) is 28.5 Å². The number of fused-ring (bicyclic) bond motifs is 1. The quantitative estimate of drug-likeness (QED) is 0.241. The van der Waals surface area contributed by atoms with Crippen molar-refractivity contribution in [3.63, 3.8) is 0 Å². The third-order valence-corrected chi connectivity index (χ3v) is 8.70. The molecular weight excluding hydrogens is 667 g/mol. The standard InChI is InChI=1S/C31H29BrF3N9O2/c1-16(2)25-11-18(4)44(40-25)30-38-26-14-42(28(45)19-6-8-23(32)22(12-19)31(33,34)35)17(3)10-21(26)29(46)43(30)20-7-9-24(36-13-20)27-39-37-15-41(27)5/h6-9,11-13,15-17H,10,14H2,1-5H3. The van der Waals surface area contributed by atoms with Crippen molar-refractivity contribution in [1.29, 1.82) is 0 Å². The van der Waals surface area contributed by atoms with E-state index in [-0.39, 0.29) is 40.4 Å². The highest BCUT2D eigenvalue weighted by Crippen LogP contribution is 2.36. The monoisotopic (exact) mass is 695 g/mol. The molecule has 0 aliphatic carbocycles. The van der Waals surface area contributed by atoms with Crippen LogP contribution in [0.4, 0.5) is 13.2 Å². The van der Waals surface area contributed by atoms with Gasteiger partial charge in [-0.2, -0.15) is 18.3 Å². The van der Waals surface area contributed by atoms with Crippen LogP contribution in [0.15, 0.2) is 58.2 Å². The van der Waals surface area contributed by atoms with Crippen LogP contribution in [-0.2, 0) is 26.2 Å². The number of hydrogen-bond acceptors (Lipinski definition) is 7. The van der Waals surface area contributed by atoms with Crippen LogP contribution in [0.25, 0.3) is 23.2 Å². The lowest BCUT2D eigenvalue weighted by Crippen LogP contribution is -2.46. The van der Waals surface area contributed by atoms with Gasteiger partial charge in [0.25, 0.3) is 11.5 Å². The van der Waals surface area contributed by atoms with Gasteiger partial charge in [0, 0.05) is 34.4 Å². The highest BCUT2D eigenvalue weighted by molar-refractivity contribution is 9.10. The first-order valence-electron chi connectivity index (χ1n) is 14.4. The van der Waals surface area contributed by atoms with E-state index in [1.807, 2.05) is 26.8 Å². The lowest BCUT2D eigenvalue weighted by atomic mass is 9.98. The predicted octanol–water partition coefficient (Wildman–Crippen LogP) is 5.41. The summed E-state index contributed by atoms with van der Waals surface area (Å²) in [5.41, 5.74) is 1.88. The highest BCUT2D eigenvalue weighted by Gasteiger charge is 2.36. The van der Waals surface area contributed by atoms with Gasteiger partial charge in [0.2, 0.25) is 5.95 Å². The van der Waals surface area contributed by atoms with Gasteiger partial charge >= 0.3 is 6.18 Å². The van der Waals surface area contributed by atoms with Gasteiger partial charge < -0.3 is 9.47 Å². The number of nitrogens with zero attached hydrogens (tertiary/aromatic N) is 9. The fourth-order valence-electron chi connectivity index (χ4n) is 5.48. The Morgan fingerprint density at radius 1 is 1.13 bits per heavy atom. The second kappa shape index (κ2) is 11.6. The molecule has 11 nitrogen and oxygen atoms in total. The third kappa shape index (κ3) is 5.52. The Bertz CT molecular complexity index is 2030. The van der Waals surface area contributed by atoms with E-state index in [4.69, 9.17) is 10.1 Å². The number of rotatable bonds is 5. The van der Waals surface area contributed by atoms with E-state index in [9.17, 15) is 22.8 Å². The smallest absolute Gasteiger partial charge is 0.330 e. The first kappa shape index (κ1) is 31.3. The zero-order chi connectivity index (χ0) is 33.1. The summed E-state index contributed by atoms with van der Waals surface area (Å²) in [4.78, 5) is 38.8. The van der Waals surface area contributed by atoms with Crippen molar-refractivity contribution in [2.45, 2.75) is 58.8 Å². The van der Waals surface area contributed by atoms with E-state index < -0.39 is 23.7 Å². The molecule has 0 N–H and O–H groups in total. The van der Waals surface area contributed by atoms with Gasteiger partial charge in [-0.3, -0.25) is 14.6 Å². The number of halogens is 4. The second-order valence-electron chi connectivity index (χ2n) is 11.6. The molecule has 0 radical (unpaired) electrons. The molecule has 15 heteroatoms. The molecular formula is C31H29BrF3N9O2. The van der Waals surface area contributed by atoms with Crippen LogP contribution < -0.4 is 5.56 Å². The molecule has 1 unspecified atom stereocenters. The Hall–Kier alpha value is -4.66. The average Bonchev–Trinajstić information content (AvgIpc) is 3.62. The van der Waals surface area contributed by atoms with Gasteiger partial charge in [-0.1, -0.05) is 29.8 Å². The molecule has 46 heavy (non-hydrogen) atoms. The lowest BCUT2D eigenvalue weighted by molar-refractivity contribution is -0.138. The number of aromatic nitrogens is 8. The minimum atomic E-state index is -4.64. The largest absolute Gasteiger partial charge is 0.417 e. The van der Waals surface area contributed by atoms with Crippen molar-refractivity contribution in [1.82, 2.24) is 44.0 Å². The number of aryl methyl sites for hydroxylation is 2. The normalized spacial score (nSPS) is 15.0. The first-order chi connectivity index (χ1) is 21.7. The van der Waals surface area contributed by atoms with Gasteiger partial charge in [-0.15, -0.1) is 10.2 Å². The summed E-state index contributed by atoms with van der Waals surface area (Å²) >= 11 is 2.93. The molecule has 0 spiro atoms. The van der Waals surface area contributed by atoms with Crippen LogP contribution in [0, 0.1) is 6.92 Å². The Morgan fingerprint density at radius 3 is 2.50 bits per heavy atom. The van der Waals surface area contributed by atoms with E-state index in [2.05, 4.69) is 31.1 Å². The summed E-state index contributed by atoms with van der Waals surface area (Å²) in [5.74, 6) is 0.265. The number of hydrogen-bond donors (Lipinski definition) is 0. The number of benzene rings is 1. The van der Waals surface area contributed by atoms with E-state index in [1.165, 1.54) is 21.6 Å². The predicted molar refractivity (Wildman–Crippen MR) is 166 cm³/mol. The van der Waals surface area contributed by atoms with Crippen molar-refractivity contribution in [2.24, 2.45) is 7.05 Å². The average molecular weight is 697 g/mol. The molecule has 0 saturated heterocycles. The van der Waals surface area contributed by atoms with Crippen LogP contribution in [0.1, 0.15) is 65.3 Å². The summed E-state index contributed by atoms with van der Waals surface area (Å²) in [6, 6.07) is 8.29. The van der Waals surface area contributed by atoms with Crippen LogP contribution in [0.3, 0.4) is 0 Å². The van der Waals surface area contributed by atoms with Crippen molar-refractivity contribution in [3.05, 3.63) is 97.5 Å². The van der Waals surface area contributed by atoms with Crippen molar-refractivity contribution >= 4 is 21.8 Å². The molecule has 5 aromatic rings. The summed E-state index contributed by atoms with van der Waals surface area (Å²) in [6.07, 6.45) is -1.38. The maximum absolute atomic E-state index is 14.3. The molecule has 238 valence electrons. The van der Waals surface area contributed by atoms with Crippen LogP contribution >= 0.6 is 15.9 Å². The van der Waals surface area contributed by atoms with Crippen LogP contribution in [0.5, 0.6) is 0 Å². The fourth-order valence-corrected chi connectivity index (χ4v) is 5.95. The topological polar surface area (TPSA) is 117 Å². The summed E-state index contributed by atoms with van der Waals surface area (Å²) in [6.45, 7) is 7.55. The van der Waals surface area contributed by atoms with Crippen molar-refractivity contribution in [2.75, 3.05) is 0 Å². The van der Waals surface area contributed by atoms with Gasteiger partial charge in [-0.25, -0.2) is 14.2 Å². The van der Waals surface area contributed by atoms with Crippen LogP contribution in [-0.4, -0.2) is 55.9 Å². The highest BCUT2D eigenvalue weighted by atomic mass is 79.9. The third-order valence-electron chi connectivity index (χ3n) is 8.01. The maximum atomic E-state index is 14.3. The Kier molecular flexibility index (Phi) is 7.90. The molecule has 1 aromatic carbocycles. The van der Waals surface area contributed by atoms with E-state index >= 15 is 0 Å². The summed E-state index contributed by atoms with van der Waals surface area (Å²) in [5, 5.41) is 12.7. The van der Waals surface area contributed by atoms with Gasteiger partial charge in [0.1, 0.15) is 12.0 Å². The van der Waals surface area contributed by atoms with Gasteiger partial charge in [0.15, 0.2) is 5.82 Å². The maximum Gasteiger partial charge on any atom is 0.417 e. The zero-order valence-corrected chi connectivity index (χ0v) is 27.1. The number of carbonyl (C=O) groups excluding carboxylic acids is 1. The first-order valence-corrected chi connectivity index (χ1v) is 15.2. The molecule has 1 aliphatic heterocycles. The minimum Gasteiger partial charge on any atom is -0.330 e. The molecule has 0 fully saturated rings. The Labute approximate surface area is 269 Å². The van der Waals surface area contributed by atoms with Crippen LogP contribution in [0.2, 0.25) is 0 Å². The van der Waals surface area contributed by atoms with E-state index in [1.54, 1.807) is 47.9 Å². The Balaban J connectivity index is 1.46. The summed E-state index contributed by atoms with van der Waals surface area (Å²) < 4.78 is 45.4. The number of carbonyl (C=O) groups is 1. The van der Waals surface area contributed by atoms with Crippen molar-refractivity contribution in [3.8, 4) is 23.2 Å². The zero-order valence-electron chi connectivity index (χ0n) is 25.5. The SMILES string of the molecule is Cc1cc(C(C)C)nn1-c1nc2c(c(=O)n1-c1ccc(-c3nncn3C)nc1)CC(C)N(C(=O)c1ccc(Br)c(C(F)(F)F)c1)C2. The fraction of sp³-hybridized carbons (Fsp3) is 0.323. The minimum absolute atomic E-state index is 0.0729. The Morgan fingerprint density at radius 2 is 1.89 bits per heavy atom. The van der Waals surface area contributed by atoms with Gasteiger partial charge in [-0.05, 0) is 62.6 Å². The van der Waals surface area contributed by atoms with Crippen molar-refractivity contribution < 1.29 is 18.0 Å². The molecule has 6 rings (SSSR count). The molecule has 5 heterocycles. The molecule has 1 aliphatic rings. The molecule has 1 atom stereocenters.